The second-order valence-corrected chi connectivity index (χ2v) is 20.4. The number of benzene rings is 1. The molecule has 3 fully saturated rings. The zero-order valence-corrected chi connectivity index (χ0v) is 35.4. The third-order valence-corrected chi connectivity index (χ3v) is 14.6. The number of sulfonamides is 1. The van der Waals surface area contributed by atoms with Crippen LogP contribution >= 0.6 is 0 Å². The first kappa shape index (κ1) is 41.6. The highest BCUT2D eigenvalue weighted by Crippen LogP contribution is 2.48. The fraction of sp³-hybridized carbons (Fsp3) is 0.643. The summed E-state index contributed by atoms with van der Waals surface area (Å²) < 4.78 is 46.1. The van der Waals surface area contributed by atoms with Gasteiger partial charge in [0.25, 0.3) is 5.91 Å². The SMILES string of the molecule is CCC1CC(C)CCC=CC2CC2(C(=O)NS(=O)(=O)C2(C)CC2)NC(=O)C2CC(Oc3nccc4c5c(ccc34)N(C)CCO5)CN2C(=O)C1NC(=O)OC(C)(C)C. The van der Waals surface area contributed by atoms with Gasteiger partial charge in [0.1, 0.15) is 35.9 Å². The van der Waals surface area contributed by atoms with Gasteiger partial charge in [-0.1, -0.05) is 32.4 Å². The predicted octanol–water partition coefficient (Wildman–Crippen LogP) is 4.58. The predicted molar refractivity (Wildman–Crippen MR) is 218 cm³/mol. The molecule has 3 N–H and O–H groups in total. The molecule has 2 aliphatic carbocycles. The Kier molecular flexibility index (Phi) is 11.1. The minimum absolute atomic E-state index is 0.0209. The van der Waals surface area contributed by atoms with Crippen LogP contribution in [0.4, 0.5) is 10.5 Å². The number of hydrogen-bond acceptors (Lipinski definition) is 11. The number of hydrogen-bond donors (Lipinski definition) is 3. The van der Waals surface area contributed by atoms with Gasteiger partial charge in [0, 0.05) is 36.4 Å². The Labute approximate surface area is 341 Å². The maximum atomic E-state index is 15.0. The van der Waals surface area contributed by atoms with Gasteiger partial charge in [-0.25, -0.2) is 18.2 Å². The van der Waals surface area contributed by atoms with E-state index < -0.39 is 73.8 Å². The van der Waals surface area contributed by atoms with E-state index >= 15 is 4.79 Å². The van der Waals surface area contributed by atoms with Gasteiger partial charge in [-0.3, -0.25) is 19.1 Å². The molecule has 5 aliphatic rings. The third-order valence-electron chi connectivity index (χ3n) is 12.5. The van der Waals surface area contributed by atoms with Crippen molar-refractivity contribution in [3.8, 4) is 11.6 Å². The number of nitrogens with one attached hydrogen (secondary N) is 3. The fourth-order valence-corrected chi connectivity index (χ4v) is 9.86. The summed E-state index contributed by atoms with van der Waals surface area (Å²) in [6, 6.07) is 3.56. The lowest BCUT2D eigenvalue weighted by atomic mass is 9.85. The summed E-state index contributed by atoms with van der Waals surface area (Å²) in [7, 11) is -2.00. The van der Waals surface area contributed by atoms with E-state index in [9.17, 15) is 22.8 Å². The summed E-state index contributed by atoms with van der Waals surface area (Å²) >= 11 is 0. The van der Waals surface area contributed by atoms with E-state index in [0.717, 1.165) is 29.8 Å². The number of alkyl carbamates (subject to hydrolysis) is 1. The summed E-state index contributed by atoms with van der Waals surface area (Å²) in [6.45, 7) is 12.2. The van der Waals surface area contributed by atoms with E-state index in [4.69, 9.17) is 14.2 Å². The summed E-state index contributed by atoms with van der Waals surface area (Å²) in [4.78, 5) is 65.1. The van der Waals surface area contributed by atoms with E-state index in [1.165, 1.54) is 4.90 Å². The molecular formula is C42H58N6O9S. The van der Waals surface area contributed by atoms with E-state index in [1.54, 1.807) is 33.9 Å². The Morgan fingerprint density at radius 2 is 1.88 bits per heavy atom. The first-order chi connectivity index (χ1) is 27.3. The number of fused-ring (bicyclic) bond motifs is 5. The number of carbonyl (C=O) groups excluding carboxylic acids is 4. The molecule has 3 aliphatic heterocycles. The van der Waals surface area contributed by atoms with Crippen LogP contribution in [0.15, 0.2) is 36.5 Å². The fourth-order valence-electron chi connectivity index (χ4n) is 8.55. The normalized spacial score (nSPS) is 29.7. The number of carbonyl (C=O) groups is 4. The van der Waals surface area contributed by atoms with Crippen LogP contribution in [0.1, 0.15) is 92.9 Å². The largest absolute Gasteiger partial charge is 0.489 e. The lowest BCUT2D eigenvalue weighted by molar-refractivity contribution is -0.142. The first-order valence-electron chi connectivity index (χ1n) is 20.6. The van der Waals surface area contributed by atoms with Crippen LogP contribution in [0.3, 0.4) is 0 Å². The van der Waals surface area contributed by atoms with Crippen molar-refractivity contribution in [1.29, 1.82) is 0 Å². The molecule has 1 saturated heterocycles. The van der Waals surface area contributed by atoms with Crippen LogP contribution in [-0.2, 0) is 29.1 Å². The van der Waals surface area contributed by atoms with Gasteiger partial charge in [-0.2, -0.15) is 0 Å². The molecule has 1 aromatic carbocycles. The van der Waals surface area contributed by atoms with Crippen molar-refractivity contribution >= 4 is 50.3 Å². The summed E-state index contributed by atoms with van der Waals surface area (Å²) in [5, 5.41) is 7.32. The number of amides is 4. The Bertz CT molecular complexity index is 2100. The van der Waals surface area contributed by atoms with E-state index in [0.29, 0.717) is 50.0 Å². The maximum Gasteiger partial charge on any atom is 0.408 e. The number of aromatic nitrogens is 1. The number of pyridine rings is 1. The van der Waals surface area contributed by atoms with Gasteiger partial charge >= 0.3 is 6.09 Å². The minimum atomic E-state index is -4.01. The molecule has 4 amide bonds. The van der Waals surface area contributed by atoms with Crippen molar-refractivity contribution in [3.05, 3.63) is 36.5 Å². The van der Waals surface area contributed by atoms with E-state index in [-0.39, 0.29) is 31.2 Å². The van der Waals surface area contributed by atoms with E-state index in [1.807, 2.05) is 44.3 Å². The van der Waals surface area contributed by atoms with Crippen LogP contribution in [0.25, 0.3) is 10.8 Å². The molecule has 316 valence electrons. The summed E-state index contributed by atoms with van der Waals surface area (Å²) in [5.74, 6) is -1.45. The average Bonchev–Trinajstić information content (AvgIpc) is 4.04. The number of likely N-dealkylation sites (N-methyl/N-ethyl adjacent to an activating group) is 1. The first-order valence-corrected chi connectivity index (χ1v) is 22.1. The molecule has 58 heavy (non-hydrogen) atoms. The number of allylic oxidation sites excluding steroid dienone is 1. The van der Waals surface area contributed by atoms with Gasteiger partial charge < -0.3 is 34.6 Å². The highest BCUT2D eigenvalue weighted by molar-refractivity contribution is 7.91. The highest BCUT2D eigenvalue weighted by Gasteiger charge is 2.63. The quantitative estimate of drug-likeness (QED) is 0.332. The summed E-state index contributed by atoms with van der Waals surface area (Å²) in [6.07, 6.45) is 7.79. The van der Waals surface area contributed by atoms with Crippen LogP contribution in [0.5, 0.6) is 11.6 Å². The minimum Gasteiger partial charge on any atom is -0.489 e. The highest BCUT2D eigenvalue weighted by atomic mass is 32.2. The van der Waals surface area contributed by atoms with Crippen LogP contribution in [0, 0.1) is 17.8 Å². The molecule has 16 heteroatoms. The Balaban J connectivity index is 1.24. The van der Waals surface area contributed by atoms with Crippen molar-refractivity contribution in [3.63, 3.8) is 0 Å². The molecule has 0 bridgehead atoms. The second-order valence-electron chi connectivity index (χ2n) is 18.2. The molecule has 0 radical (unpaired) electrons. The van der Waals surface area contributed by atoms with Gasteiger partial charge in [0.05, 0.1) is 23.5 Å². The molecule has 15 nitrogen and oxygen atoms in total. The molecule has 7 unspecified atom stereocenters. The number of anilines is 1. The van der Waals surface area contributed by atoms with E-state index in [2.05, 4.69) is 32.2 Å². The molecule has 7 atom stereocenters. The van der Waals surface area contributed by atoms with Crippen molar-refractivity contribution in [2.24, 2.45) is 17.8 Å². The lowest BCUT2D eigenvalue weighted by Crippen LogP contribution is -2.59. The Hall–Kier alpha value is -4.60. The average molecular weight is 823 g/mol. The van der Waals surface area contributed by atoms with Crippen molar-refractivity contribution in [2.45, 2.75) is 127 Å². The molecule has 4 heterocycles. The molecule has 0 spiro atoms. The Morgan fingerprint density at radius 3 is 2.59 bits per heavy atom. The number of ether oxygens (including phenoxy) is 3. The van der Waals surface area contributed by atoms with Crippen LogP contribution < -0.4 is 29.7 Å². The zero-order chi connectivity index (χ0) is 41.8. The van der Waals surface area contributed by atoms with Crippen molar-refractivity contribution in [1.82, 2.24) is 25.2 Å². The van der Waals surface area contributed by atoms with Crippen LogP contribution in [0.2, 0.25) is 0 Å². The molecular weight excluding hydrogens is 765 g/mol. The van der Waals surface area contributed by atoms with Gasteiger partial charge in [-0.05, 0) is 96.3 Å². The lowest BCUT2D eigenvalue weighted by Gasteiger charge is -2.34. The second kappa shape index (κ2) is 15.5. The molecule has 2 saturated carbocycles. The number of rotatable bonds is 7. The zero-order valence-electron chi connectivity index (χ0n) is 34.6. The maximum absolute atomic E-state index is 15.0. The van der Waals surface area contributed by atoms with Crippen molar-refractivity contribution < 1.29 is 41.8 Å². The summed E-state index contributed by atoms with van der Waals surface area (Å²) in [5.41, 5.74) is -1.41. The van der Waals surface area contributed by atoms with Crippen LogP contribution in [-0.4, -0.2) is 103 Å². The molecule has 1 aromatic heterocycles. The van der Waals surface area contributed by atoms with Gasteiger partial charge in [0.2, 0.25) is 27.7 Å². The van der Waals surface area contributed by atoms with Gasteiger partial charge in [0.15, 0.2) is 5.75 Å². The third kappa shape index (κ3) is 8.30. The topological polar surface area (TPSA) is 186 Å². The monoisotopic (exact) mass is 822 g/mol. The number of nitrogens with zero attached hydrogens (tertiary/aromatic N) is 3. The van der Waals surface area contributed by atoms with Gasteiger partial charge in [-0.15, -0.1) is 0 Å². The standard InChI is InChI=1S/C42H58N6O9S/c1-8-26-21-25(2)11-9-10-12-27-23-42(27,38(51)46-58(53,54)41(6)16-17-41)45-35(49)32-22-28(24-48(32)37(50)33(26)44-39(52)57-40(3,4)5)56-36-30-13-14-31-34(29(30)15-18-43-36)55-20-19-47(31)7/h10,12-15,18,25-28,32-33H,8-9,11,16-17,19-24H2,1-7H3,(H,44,52)(H,45,49)(H,46,51). The molecule has 2 aromatic rings. The Morgan fingerprint density at radius 1 is 1.12 bits per heavy atom. The smallest absolute Gasteiger partial charge is 0.408 e. The molecule has 7 rings (SSSR count). The van der Waals surface area contributed by atoms with Crippen molar-refractivity contribution in [2.75, 3.05) is 31.6 Å².